The molecular formula is C14H20N4S2. The van der Waals surface area contributed by atoms with Gasteiger partial charge in [0.15, 0.2) is 0 Å². The summed E-state index contributed by atoms with van der Waals surface area (Å²) in [5.74, 6) is 1.34. The number of nitrogens with zero attached hydrogens (tertiary/aromatic N) is 2. The fourth-order valence-corrected chi connectivity index (χ4v) is 3.49. The van der Waals surface area contributed by atoms with Crippen LogP contribution in [0.4, 0.5) is 5.82 Å². The predicted octanol–water partition coefficient (Wildman–Crippen LogP) is 3.23. The molecule has 2 aromatic heterocycles. The van der Waals surface area contributed by atoms with Gasteiger partial charge in [-0.3, -0.25) is 4.68 Å². The van der Waals surface area contributed by atoms with Gasteiger partial charge in [-0.15, -0.1) is 11.3 Å². The summed E-state index contributed by atoms with van der Waals surface area (Å²) >= 11 is 6.91. The third-order valence-electron chi connectivity index (χ3n) is 3.28. The quantitative estimate of drug-likeness (QED) is 0.833. The van der Waals surface area contributed by atoms with Gasteiger partial charge in [0, 0.05) is 11.9 Å². The lowest BCUT2D eigenvalue weighted by molar-refractivity contribution is 0.547. The van der Waals surface area contributed by atoms with Gasteiger partial charge in [0.2, 0.25) is 0 Å². The zero-order chi connectivity index (χ0) is 14.9. The summed E-state index contributed by atoms with van der Waals surface area (Å²) in [6.07, 6.45) is 0. The first kappa shape index (κ1) is 15.0. The summed E-state index contributed by atoms with van der Waals surface area (Å²) in [6, 6.07) is 4.43. The monoisotopic (exact) mass is 308 g/mol. The molecule has 0 aliphatic rings. The Morgan fingerprint density at radius 3 is 2.70 bits per heavy atom. The van der Waals surface area contributed by atoms with Crippen LogP contribution < -0.4 is 11.1 Å². The zero-order valence-electron chi connectivity index (χ0n) is 12.2. The van der Waals surface area contributed by atoms with Gasteiger partial charge in [0.25, 0.3) is 0 Å². The van der Waals surface area contributed by atoms with E-state index in [1.54, 1.807) is 11.3 Å². The molecule has 0 fully saturated rings. The Morgan fingerprint density at radius 2 is 2.20 bits per heavy atom. The zero-order valence-corrected chi connectivity index (χ0v) is 13.8. The van der Waals surface area contributed by atoms with Crippen molar-refractivity contribution >= 4 is 34.4 Å². The SMILES string of the molecule is Cc1nn(C)c(NC(c2cccs2)C(C)C)c1C(N)=S. The van der Waals surface area contributed by atoms with Crippen LogP contribution in [0.15, 0.2) is 17.5 Å². The van der Waals surface area contributed by atoms with Crippen LogP contribution in [0.5, 0.6) is 0 Å². The summed E-state index contributed by atoms with van der Waals surface area (Å²) in [7, 11) is 1.91. The van der Waals surface area contributed by atoms with Gasteiger partial charge in [-0.25, -0.2) is 0 Å². The summed E-state index contributed by atoms with van der Waals surface area (Å²) in [5.41, 5.74) is 7.54. The van der Waals surface area contributed by atoms with E-state index in [2.05, 4.69) is 41.8 Å². The van der Waals surface area contributed by atoms with E-state index in [1.165, 1.54) is 4.88 Å². The predicted molar refractivity (Wildman–Crippen MR) is 89.4 cm³/mol. The van der Waals surface area contributed by atoms with Crippen LogP contribution in [0.25, 0.3) is 0 Å². The molecule has 1 atom stereocenters. The van der Waals surface area contributed by atoms with Crippen LogP contribution in [0.2, 0.25) is 0 Å². The van der Waals surface area contributed by atoms with Gasteiger partial charge in [-0.1, -0.05) is 32.1 Å². The fraction of sp³-hybridized carbons (Fsp3) is 0.429. The van der Waals surface area contributed by atoms with Crippen LogP contribution in [-0.4, -0.2) is 14.8 Å². The Kier molecular flexibility index (Phi) is 4.45. The van der Waals surface area contributed by atoms with Gasteiger partial charge < -0.3 is 11.1 Å². The number of anilines is 1. The van der Waals surface area contributed by atoms with Crippen LogP contribution in [0.3, 0.4) is 0 Å². The highest BCUT2D eigenvalue weighted by Gasteiger charge is 2.22. The van der Waals surface area contributed by atoms with Gasteiger partial charge in [0.05, 0.1) is 17.3 Å². The van der Waals surface area contributed by atoms with Crippen molar-refractivity contribution in [1.82, 2.24) is 9.78 Å². The normalized spacial score (nSPS) is 12.7. The summed E-state index contributed by atoms with van der Waals surface area (Å²) < 4.78 is 1.81. The molecular weight excluding hydrogens is 288 g/mol. The number of hydrogen-bond acceptors (Lipinski definition) is 4. The molecule has 3 N–H and O–H groups in total. The number of thiocarbonyl (C=S) groups is 1. The van der Waals surface area contributed by atoms with E-state index < -0.39 is 0 Å². The molecule has 0 aliphatic heterocycles. The smallest absolute Gasteiger partial charge is 0.135 e. The van der Waals surface area contributed by atoms with Crippen molar-refractivity contribution in [2.45, 2.75) is 26.8 Å². The third-order valence-corrected chi connectivity index (χ3v) is 4.44. The molecule has 0 aromatic carbocycles. The van der Waals surface area contributed by atoms with E-state index in [1.807, 2.05) is 18.7 Å². The Morgan fingerprint density at radius 1 is 1.50 bits per heavy atom. The molecule has 0 aliphatic carbocycles. The summed E-state index contributed by atoms with van der Waals surface area (Å²) in [4.78, 5) is 1.68. The van der Waals surface area contributed by atoms with E-state index in [4.69, 9.17) is 18.0 Å². The molecule has 0 saturated heterocycles. The Labute approximate surface area is 129 Å². The number of nitrogens with one attached hydrogen (secondary N) is 1. The van der Waals surface area contributed by atoms with Crippen molar-refractivity contribution in [3.05, 3.63) is 33.6 Å². The Bertz CT molecular complexity index is 599. The lowest BCUT2D eigenvalue weighted by atomic mass is 10.0. The number of aromatic nitrogens is 2. The molecule has 0 saturated carbocycles. The highest BCUT2D eigenvalue weighted by Crippen LogP contribution is 2.31. The minimum absolute atomic E-state index is 0.220. The van der Waals surface area contributed by atoms with Crippen molar-refractivity contribution in [2.24, 2.45) is 18.7 Å². The van der Waals surface area contributed by atoms with Crippen LogP contribution >= 0.6 is 23.6 Å². The lowest BCUT2D eigenvalue weighted by Crippen LogP contribution is -2.20. The first-order valence-corrected chi connectivity index (χ1v) is 7.84. The molecule has 2 heterocycles. The Balaban J connectivity index is 2.39. The highest BCUT2D eigenvalue weighted by atomic mass is 32.1. The first-order chi connectivity index (χ1) is 9.41. The number of nitrogens with two attached hydrogens (primary N) is 1. The third kappa shape index (κ3) is 2.86. The Hall–Kier alpha value is -1.40. The molecule has 1 unspecified atom stereocenters. The highest BCUT2D eigenvalue weighted by molar-refractivity contribution is 7.80. The van der Waals surface area contributed by atoms with E-state index in [-0.39, 0.29) is 6.04 Å². The average Bonchev–Trinajstić information content (AvgIpc) is 2.93. The standard InChI is InChI=1S/C14H20N4S2/c1-8(2)12(10-6-5-7-20-10)16-14-11(13(15)19)9(3)17-18(14)4/h5-8,12,16H,1-4H3,(H2,15,19). The van der Waals surface area contributed by atoms with Crippen LogP contribution in [0, 0.1) is 12.8 Å². The minimum atomic E-state index is 0.220. The molecule has 2 rings (SSSR count). The summed E-state index contributed by atoms with van der Waals surface area (Å²) in [5, 5.41) is 10.1. The van der Waals surface area contributed by atoms with Gasteiger partial charge >= 0.3 is 0 Å². The van der Waals surface area contributed by atoms with Crippen molar-refractivity contribution < 1.29 is 0 Å². The molecule has 20 heavy (non-hydrogen) atoms. The molecule has 6 heteroatoms. The molecule has 0 bridgehead atoms. The maximum atomic E-state index is 5.84. The second kappa shape index (κ2) is 5.93. The molecule has 0 spiro atoms. The largest absolute Gasteiger partial charge is 0.389 e. The van der Waals surface area contributed by atoms with Crippen molar-refractivity contribution in [3.8, 4) is 0 Å². The van der Waals surface area contributed by atoms with E-state index in [0.717, 1.165) is 17.1 Å². The maximum Gasteiger partial charge on any atom is 0.135 e. The molecule has 2 aromatic rings. The van der Waals surface area contributed by atoms with Gasteiger partial charge in [0.1, 0.15) is 10.8 Å². The second-order valence-corrected chi connectivity index (χ2v) is 6.60. The van der Waals surface area contributed by atoms with Gasteiger partial charge in [-0.05, 0) is 24.3 Å². The number of rotatable bonds is 5. The summed E-state index contributed by atoms with van der Waals surface area (Å²) in [6.45, 7) is 6.32. The fourth-order valence-electron chi connectivity index (χ4n) is 2.30. The van der Waals surface area contributed by atoms with Crippen molar-refractivity contribution in [1.29, 1.82) is 0 Å². The molecule has 0 radical (unpaired) electrons. The molecule has 108 valence electrons. The maximum absolute atomic E-state index is 5.84. The molecule has 0 amide bonds. The average molecular weight is 308 g/mol. The lowest BCUT2D eigenvalue weighted by Gasteiger charge is -2.23. The van der Waals surface area contributed by atoms with E-state index in [0.29, 0.717) is 10.9 Å². The van der Waals surface area contributed by atoms with Crippen LogP contribution in [0.1, 0.15) is 36.0 Å². The van der Waals surface area contributed by atoms with Crippen molar-refractivity contribution in [2.75, 3.05) is 5.32 Å². The van der Waals surface area contributed by atoms with Crippen LogP contribution in [-0.2, 0) is 7.05 Å². The number of hydrogen-bond donors (Lipinski definition) is 2. The first-order valence-electron chi connectivity index (χ1n) is 6.55. The minimum Gasteiger partial charge on any atom is -0.389 e. The number of aryl methyl sites for hydroxylation is 2. The van der Waals surface area contributed by atoms with E-state index in [9.17, 15) is 0 Å². The topological polar surface area (TPSA) is 55.9 Å². The second-order valence-electron chi connectivity index (χ2n) is 5.18. The number of thiophene rings is 1. The van der Waals surface area contributed by atoms with Gasteiger partial charge in [-0.2, -0.15) is 5.10 Å². The van der Waals surface area contributed by atoms with E-state index >= 15 is 0 Å². The van der Waals surface area contributed by atoms with Crippen molar-refractivity contribution in [3.63, 3.8) is 0 Å². The molecule has 4 nitrogen and oxygen atoms in total.